The molecule has 3 rings (SSSR count). The Bertz CT molecular complexity index is 505. The minimum Gasteiger partial charge on any atom is -0.366 e. The van der Waals surface area contributed by atoms with Gasteiger partial charge in [0, 0.05) is 12.1 Å². The predicted octanol–water partition coefficient (Wildman–Crippen LogP) is 1.65. The van der Waals surface area contributed by atoms with E-state index < -0.39 is 5.72 Å². The Morgan fingerprint density at radius 2 is 2.21 bits per heavy atom. The monoisotopic (exact) mass is 275 g/mol. The molecule has 0 bridgehead atoms. The first-order valence-electron chi connectivity index (χ1n) is 6.30. The van der Waals surface area contributed by atoms with Crippen LogP contribution in [0.1, 0.15) is 5.56 Å². The molecule has 2 aliphatic heterocycles. The topological polar surface area (TPSA) is 39.1 Å². The van der Waals surface area contributed by atoms with Gasteiger partial charge in [0.1, 0.15) is 0 Å². The van der Waals surface area contributed by atoms with E-state index in [0.717, 1.165) is 17.3 Å². The highest BCUT2D eigenvalue weighted by atomic mass is 32.2. The van der Waals surface area contributed by atoms with E-state index in [0.29, 0.717) is 19.1 Å². The molecular weight excluding hydrogens is 258 g/mol. The molecule has 19 heavy (non-hydrogen) atoms. The summed E-state index contributed by atoms with van der Waals surface area (Å²) in [4.78, 5) is 8.67. The second-order valence-electron chi connectivity index (χ2n) is 4.76. The molecule has 1 saturated heterocycles. The average molecular weight is 275 g/mol. The van der Waals surface area contributed by atoms with Crippen molar-refractivity contribution in [1.82, 2.24) is 9.80 Å². The zero-order valence-corrected chi connectivity index (χ0v) is 11.5. The Balaban J connectivity index is 1.90. The summed E-state index contributed by atoms with van der Waals surface area (Å²) in [6.45, 7) is 5.90. The van der Waals surface area contributed by atoms with Crippen molar-refractivity contribution < 1.29 is 5.11 Å². The summed E-state index contributed by atoms with van der Waals surface area (Å²) >= 11 is 1.62. The second kappa shape index (κ2) is 5.00. The van der Waals surface area contributed by atoms with Crippen LogP contribution in [-0.2, 0) is 5.72 Å². The van der Waals surface area contributed by atoms with Crippen LogP contribution in [0.2, 0.25) is 0 Å². The molecule has 1 unspecified atom stereocenters. The number of hydrogen-bond donors (Lipinski definition) is 1. The Morgan fingerprint density at radius 3 is 2.95 bits per heavy atom. The number of nitrogens with zero attached hydrogens (tertiary/aromatic N) is 3. The fourth-order valence-corrected chi connectivity index (χ4v) is 3.60. The maximum Gasteiger partial charge on any atom is 0.176 e. The first-order chi connectivity index (χ1) is 9.24. The molecule has 2 heterocycles. The fraction of sp³-hybridized carbons (Fsp3) is 0.357. The molecule has 1 aromatic rings. The molecule has 1 fully saturated rings. The van der Waals surface area contributed by atoms with Gasteiger partial charge in [0.2, 0.25) is 0 Å². The lowest BCUT2D eigenvalue weighted by atomic mass is 10.0. The Hall–Kier alpha value is -1.30. The van der Waals surface area contributed by atoms with Gasteiger partial charge in [0.25, 0.3) is 0 Å². The summed E-state index contributed by atoms with van der Waals surface area (Å²) < 4.78 is 0. The zero-order chi connectivity index (χ0) is 13.3. The zero-order valence-electron chi connectivity index (χ0n) is 10.7. The van der Waals surface area contributed by atoms with Crippen LogP contribution >= 0.6 is 11.8 Å². The number of benzene rings is 1. The first kappa shape index (κ1) is 12.7. The van der Waals surface area contributed by atoms with E-state index in [4.69, 9.17) is 0 Å². The van der Waals surface area contributed by atoms with Crippen LogP contribution in [0.3, 0.4) is 0 Å². The molecule has 0 aliphatic carbocycles. The molecule has 0 spiro atoms. The summed E-state index contributed by atoms with van der Waals surface area (Å²) in [5, 5.41) is 12.0. The van der Waals surface area contributed by atoms with Crippen molar-refractivity contribution in [3.05, 3.63) is 48.6 Å². The largest absolute Gasteiger partial charge is 0.366 e. The minimum atomic E-state index is -0.954. The fourth-order valence-electron chi connectivity index (χ4n) is 2.44. The molecule has 2 aliphatic rings. The van der Waals surface area contributed by atoms with Crippen molar-refractivity contribution in [2.75, 3.05) is 25.6 Å². The van der Waals surface area contributed by atoms with E-state index in [1.54, 1.807) is 11.8 Å². The minimum absolute atomic E-state index is 0.623. The number of aliphatic hydroxyl groups is 1. The summed E-state index contributed by atoms with van der Waals surface area (Å²) in [6, 6.07) is 9.81. The van der Waals surface area contributed by atoms with Gasteiger partial charge >= 0.3 is 0 Å². The van der Waals surface area contributed by atoms with Crippen molar-refractivity contribution >= 4 is 16.9 Å². The third-order valence-electron chi connectivity index (χ3n) is 3.45. The first-order valence-corrected chi connectivity index (χ1v) is 7.28. The van der Waals surface area contributed by atoms with Gasteiger partial charge in [0.05, 0.1) is 19.1 Å². The van der Waals surface area contributed by atoms with Crippen molar-refractivity contribution in [3.8, 4) is 0 Å². The number of amidine groups is 1. The van der Waals surface area contributed by atoms with Crippen molar-refractivity contribution in [1.29, 1.82) is 0 Å². The summed E-state index contributed by atoms with van der Waals surface area (Å²) in [6.07, 6.45) is 1.87. The van der Waals surface area contributed by atoms with Gasteiger partial charge in [0.15, 0.2) is 10.9 Å². The molecule has 1 atom stereocenters. The smallest absolute Gasteiger partial charge is 0.176 e. The van der Waals surface area contributed by atoms with Crippen LogP contribution in [0.15, 0.2) is 48.0 Å². The van der Waals surface area contributed by atoms with Crippen LogP contribution in [0.25, 0.3) is 0 Å². The van der Waals surface area contributed by atoms with Gasteiger partial charge in [-0.2, -0.15) is 0 Å². The van der Waals surface area contributed by atoms with Crippen molar-refractivity contribution in [3.63, 3.8) is 0 Å². The Kier molecular flexibility index (Phi) is 3.35. The lowest BCUT2D eigenvalue weighted by molar-refractivity contribution is -0.0720. The molecule has 1 aromatic carbocycles. The molecule has 1 N–H and O–H groups in total. The lowest BCUT2D eigenvalue weighted by Gasteiger charge is -2.39. The number of hydrogen-bond acceptors (Lipinski definition) is 5. The molecule has 100 valence electrons. The number of fused-ring (bicyclic) bond motifs is 1. The van der Waals surface area contributed by atoms with Gasteiger partial charge in [-0.1, -0.05) is 48.2 Å². The van der Waals surface area contributed by atoms with Crippen LogP contribution in [-0.4, -0.2) is 45.7 Å². The molecule has 0 saturated carbocycles. The van der Waals surface area contributed by atoms with Gasteiger partial charge < -0.3 is 10.0 Å². The average Bonchev–Trinajstić information content (AvgIpc) is 2.79. The standard InChI is InChI=1S/C14H17N3OS/c1-2-8-16-10-15-13-17(11-16)14(18,9-19-13)12-6-4-3-5-7-12/h2-7,18H,1,8-11H2. The van der Waals surface area contributed by atoms with Gasteiger partial charge in [-0.05, 0) is 0 Å². The third kappa shape index (κ3) is 2.18. The normalized spacial score (nSPS) is 27.0. The van der Waals surface area contributed by atoms with E-state index in [9.17, 15) is 5.11 Å². The third-order valence-corrected chi connectivity index (χ3v) is 4.61. The van der Waals surface area contributed by atoms with E-state index in [1.165, 1.54) is 0 Å². The van der Waals surface area contributed by atoms with Crippen molar-refractivity contribution in [2.24, 2.45) is 4.99 Å². The molecule has 4 nitrogen and oxygen atoms in total. The van der Waals surface area contributed by atoms with Crippen LogP contribution in [0.4, 0.5) is 0 Å². The highest BCUT2D eigenvalue weighted by Crippen LogP contribution is 2.40. The maximum atomic E-state index is 11.0. The lowest BCUT2D eigenvalue weighted by Crippen LogP contribution is -2.52. The quantitative estimate of drug-likeness (QED) is 0.852. The van der Waals surface area contributed by atoms with Crippen LogP contribution in [0, 0.1) is 0 Å². The summed E-state index contributed by atoms with van der Waals surface area (Å²) in [5.74, 6) is 0.623. The summed E-state index contributed by atoms with van der Waals surface area (Å²) in [7, 11) is 0. The molecular formula is C14H17N3OS. The van der Waals surface area contributed by atoms with E-state index in [-0.39, 0.29) is 0 Å². The van der Waals surface area contributed by atoms with Gasteiger partial charge in [-0.25, -0.2) is 4.99 Å². The Morgan fingerprint density at radius 1 is 1.42 bits per heavy atom. The maximum absolute atomic E-state index is 11.0. The molecule has 5 heteroatoms. The number of aliphatic imine (C=N–C) groups is 1. The molecule has 0 amide bonds. The van der Waals surface area contributed by atoms with Crippen LogP contribution in [0.5, 0.6) is 0 Å². The van der Waals surface area contributed by atoms with E-state index >= 15 is 0 Å². The molecule has 0 aromatic heterocycles. The van der Waals surface area contributed by atoms with Gasteiger partial charge in [-0.3, -0.25) is 4.90 Å². The van der Waals surface area contributed by atoms with Gasteiger partial charge in [-0.15, -0.1) is 6.58 Å². The van der Waals surface area contributed by atoms with E-state index in [2.05, 4.69) is 16.5 Å². The van der Waals surface area contributed by atoms with Crippen LogP contribution < -0.4 is 0 Å². The highest BCUT2D eigenvalue weighted by Gasteiger charge is 2.46. The SMILES string of the molecule is C=CCN1CN=C2SCC(O)(c3ccccc3)N2C1. The molecule has 0 radical (unpaired) electrons. The Labute approximate surface area is 117 Å². The van der Waals surface area contributed by atoms with E-state index in [1.807, 2.05) is 41.3 Å². The summed E-state index contributed by atoms with van der Waals surface area (Å²) in [5.41, 5.74) is -0.0296. The second-order valence-corrected chi connectivity index (χ2v) is 5.71. The van der Waals surface area contributed by atoms with Crippen molar-refractivity contribution in [2.45, 2.75) is 5.72 Å². The number of rotatable bonds is 3. The number of thioether (sulfide) groups is 1. The highest BCUT2D eigenvalue weighted by molar-refractivity contribution is 8.14. The predicted molar refractivity (Wildman–Crippen MR) is 78.7 cm³/mol.